The van der Waals surface area contributed by atoms with Gasteiger partial charge in [0.25, 0.3) is 0 Å². The lowest BCUT2D eigenvalue weighted by atomic mass is 10.2. The largest absolute Gasteiger partial charge is 0.373 e. The average molecular weight is 245 g/mol. The minimum absolute atomic E-state index is 0.269. The summed E-state index contributed by atoms with van der Waals surface area (Å²) in [6.07, 6.45) is 0.269. The van der Waals surface area contributed by atoms with E-state index in [1.54, 1.807) is 0 Å². The van der Waals surface area contributed by atoms with E-state index < -0.39 is 0 Å². The third kappa shape index (κ3) is 2.59. The predicted molar refractivity (Wildman–Crippen MR) is 77.0 cm³/mol. The van der Waals surface area contributed by atoms with Crippen LogP contribution in [0.4, 0.5) is 0 Å². The van der Waals surface area contributed by atoms with Gasteiger partial charge < -0.3 is 9.30 Å². The predicted octanol–water partition coefficient (Wildman–Crippen LogP) is 4.46. The molecule has 0 radical (unpaired) electrons. The summed E-state index contributed by atoms with van der Waals surface area (Å²) >= 11 is 0. The Labute approximate surface area is 110 Å². The second-order valence-electron chi connectivity index (χ2n) is 5.52. The highest BCUT2D eigenvalue weighted by Crippen LogP contribution is 2.25. The van der Waals surface area contributed by atoms with Crippen LogP contribution in [-0.2, 0) is 11.3 Å². The molecule has 1 aromatic carbocycles. The summed E-state index contributed by atoms with van der Waals surface area (Å²) in [7, 11) is 0. The number of nitrogens with zero attached hydrogens (tertiary/aromatic N) is 1. The third-order valence-electron chi connectivity index (χ3n) is 3.16. The van der Waals surface area contributed by atoms with Gasteiger partial charge >= 0.3 is 0 Å². The molecule has 0 N–H and O–H groups in total. The molecule has 2 aromatic rings. The Bertz CT molecular complexity index is 537. The molecule has 2 heteroatoms. The Balaban J connectivity index is 2.47. The van der Waals surface area contributed by atoms with E-state index in [1.807, 2.05) is 0 Å². The van der Waals surface area contributed by atoms with Crippen LogP contribution < -0.4 is 0 Å². The number of benzene rings is 1. The van der Waals surface area contributed by atoms with Crippen molar-refractivity contribution in [3.05, 3.63) is 35.5 Å². The topological polar surface area (TPSA) is 14.2 Å². The first-order valence-corrected chi connectivity index (χ1v) is 6.71. The number of rotatable bonds is 4. The molecule has 0 saturated carbocycles. The van der Waals surface area contributed by atoms with Crippen LogP contribution in [0.25, 0.3) is 10.9 Å². The van der Waals surface area contributed by atoms with Crippen LogP contribution in [0.3, 0.4) is 0 Å². The SMILES string of the molecule is Cc1ccc2c(c1)cc(COC(C)C)n2C(C)C. The van der Waals surface area contributed by atoms with Crippen LogP contribution >= 0.6 is 0 Å². The first-order valence-electron chi connectivity index (χ1n) is 6.71. The Kier molecular flexibility index (Phi) is 3.76. The van der Waals surface area contributed by atoms with Gasteiger partial charge in [-0.25, -0.2) is 0 Å². The second-order valence-corrected chi connectivity index (χ2v) is 5.52. The lowest BCUT2D eigenvalue weighted by Crippen LogP contribution is -2.09. The molecule has 98 valence electrons. The van der Waals surface area contributed by atoms with E-state index in [1.165, 1.54) is 22.2 Å². The zero-order valence-corrected chi connectivity index (χ0v) is 12.0. The molecule has 0 aliphatic rings. The Morgan fingerprint density at radius 1 is 1.11 bits per heavy atom. The van der Waals surface area contributed by atoms with Gasteiger partial charge in [0.2, 0.25) is 0 Å². The second kappa shape index (κ2) is 5.15. The van der Waals surface area contributed by atoms with E-state index in [0.717, 1.165) is 0 Å². The van der Waals surface area contributed by atoms with Gasteiger partial charge in [0.15, 0.2) is 0 Å². The molecule has 2 nitrogen and oxygen atoms in total. The van der Waals surface area contributed by atoms with Gasteiger partial charge in [-0.05, 0) is 52.8 Å². The van der Waals surface area contributed by atoms with Gasteiger partial charge in [-0.2, -0.15) is 0 Å². The molecule has 0 amide bonds. The van der Waals surface area contributed by atoms with Crippen molar-refractivity contribution in [1.82, 2.24) is 4.57 Å². The molecule has 0 fully saturated rings. The minimum Gasteiger partial charge on any atom is -0.373 e. The molecular formula is C16H23NO. The Morgan fingerprint density at radius 2 is 1.83 bits per heavy atom. The van der Waals surface area contributed by atoms with Gasteiger partial charge in [0.1, 0.15) is 0 Å². The molecule has 2 rings (SSSR count). The van der Waals surface area contributed by atoms with Crippen LogP contribution in [0.2, 0.25) is 0 Å². The maximum atomic E-state index is 5.76. The summed E-state index contributed by atoms with van der Waals surface area (Å²) in [6.45, 7) is 11.4. The summed E-state index contributed by atoms with van der Waals surface area (Å²) < 4.78 is 8.13. The van der Waals surface area contributed by atoms with Gasteiger partial charge in [0, 0.05) is 22.6 Å². The van der Waals surface area contributed by atoms with Crippen LogP contribution in [-0.4, -0.2) is 10.7 Å². The highest BCUT2D eigenvalue weighted by Gasteiger charge is 2.12. The Morgan fingerprint density at radius 3 is 2.44 bits per heavy atom. The molecule has 1 heterocycles. The first-order chi connectivity index (χ1) is 8.49. The fraction of sp³-hybridized carbons (Fsp3) is 0.500. The highest BCUT2D eigenvalue weighted by molar-refractivity contribution is 5.82. The number of aryl methyl sites for hydroxylation is 1. The molecule has 0 aliphatic heterocycles. The van der Waals surface area contributed by atoms with E-state index in [9.17, 15) is 0 Å². The summed E-state index contributed by atoms with van der Waals surface area (Å²) in [5, 5.41) is 1.31. The molecule has 0 atom stereocenters. The molecule has 18 heavy (non-hydrogen) atoms. The molecule has 0 unspecified atom stereocenters. The molecular weight excluding hydrogens is 222 g/mol. The van der Waals surface area contributed by atoms with Gasteiger partial charge in [-0.15, -0.1) is 0 Å². The smallest absolute Gasteiger partial charge is 0.0871 e. The standard InChI is InChI=1S/C16H23NO/c1-11(2)17-15(10-18-12(3)4)9-14-8-13(5)6-7-16(14)17/h6-9,11-12H,10H2,1-5H3. The van der Waals surface area contributed by atoms with Crippen LogP contribution in [0.1, 0.15) is 45.0 Å². The number of aromatic nitrogens is 1. The van der Waals surface area contributed by atoms with E-state index >= 15 is 0 Å². The van der Waals surface area contributed by atoms with Crippen molar-refractivity contribution in [2.75, 3.05) is 0 Å². The zero-order chi connectivity index (χ0) is 13.3. The average Bonchev–Trinajstić information content (AvgIpc) is 2.63. The summed E-state index contributed by atoms with van der Waals surface area (Å²) in [6, 6.07) is 9.34. The highest BCUT2D eigenvalue weighted by atomic mass is 16.5. The van der Waals surface area contributed by atoms with Crippen LogP contribution in [0.5, 0.6) is 0 Å². The quantitative estimate of drug-likeness (QED) is 0.776. The summed E-state index contributed by atoms with van der Waals surface area (Å²) in [5.41, 5.74) is 3.87. The van der Waals surface area contributed by atoms with E-state index in [-0.39, 0.29) is 6.10 Å². The van der Waals surface area contributed by atoms with Gasteiger partial charge in [-0.3, -0.25) is 0 Å². The third-order valence-corrected chi connectivity index (χ3v) is 3.16. The molecule has 0 bridgehead atoms. The van der Waals surface area contributed by atoms with E-state index in [4.69, 9.17) is 4.74 Å². The van der Waals surface area contributed by atoms with E-state index in [2.05, 4.69) is 63.5 Å². The molecule has 0 aliphatic carbocycles. The van der Waals surface area contributed by atoms with Gasteiger partial charge in [-0.1, -0.05) is 11.6 Å². The van der Waals surface area contributed by atoms with Crippen molar-refractivity contribution < 1.29 is 4.74 Å². The van der Waals surface area contributed by atoms with Crippen molar-refractivity contribution in [1.29, 1.82) is 0 Å². The van der Waals surface area contributed by atoms with Crippen LogP contribution in [0.15, 0.2) is 24.3 Å². The van der Waals surface area contributed by atoms with Crippen LogP contribution in [0, 0.1) is 6.92 Å². The minimum atomic E-state index is 0.269. The molecule has 0 saturated heterocycles. The molecule has 1 aromatic heterocycles. The van der Waals surface area contributed by atoms with Gasteiger partial charge in [0.05, 0.1) is 12.7 Å². The lowest BCUT2D eigenvalue weighted by Gasteiger charge is -2.16. The van der Waals surface area contributed by atoms with Crippen molar-refractivity contribution in [3.63, 3.8) is 0 Å². The Hall–Kier alpha value is -1.28. The van der Waals surface area contributed by atoms with E-state index in [0.29, 0.717) is 12.6 Å². The summed E-state index contributed by atoms with van der Waals surface area (Å²) in [4.78, 5) is 0. The maximum absolute atomic E-state index is 5.76. The first kappa shape index (κ1) is 13.2. The van der Waals surface area contributed by atoms with Crippen molar-refractivity contribution >= 4 is 10.9 Å². The number of hydrogen-bond donors (Lipinski definition) is 0. The van der Waals surface area contributed by atoms with Crippen molar-refractivity contribution in [2.45, 2.75) is 53.4 Å². The maximum Gasteiger partial charge on any atom is 0.0871 e. The lowest BCUT2D eigenvalue weighted by molar-refractivity contribution is 0.0615. The molecule has 0 spiro atoms. The fourth-order valence-corrected chi connectivity index (χ4v) is 2.39. The zero-order valence-electron chi connectivity index (χ0n) is 12.0. The number of ether oxygens (including phenoxy) is 1. The van der Waals surface area contributed by atoms with Crippen molar-refractivity contribution in [3.8, 4) is 0 Å². The fourth-order valence-electron chi connectivity index (χ4n) is 2.39. The van der Waals surface area contributed by atoms with Crippen molar-refractivity contribution in [2.24, 2.45) is 0 Å². The normalized spacial score (nSPS) is 11.9. The number of hydrogen-bond acceptors (Lipinski definition) is 1. The number of fused-ring (bicyclic) bond motifs is 1. The monoisotopic (exact) mass is 245 g/mol. The summed E-state index contributed by atoms with van der Waals surface area (Å²) in [5.74, 6) is 0.